The van der Waals surface area contributed by atoms with Gasteiger partial charge in [0.05, 0.1) is 19.5 Å². The van der Waals surface area contributed by atoms with Gasteiger partial charge in [0.25, 0.3) is 0 Å². The first kappa shape index (κ1) is 47.4. The van der Waals surface area contributed by atoms with Crippen molar-refractivity contribution >= 4 is 69.1 Å². The van der Waals surface area contributed by atoms with E-state index in [0.29, 0.717) is 12.2 Å². The Kier molecular flexibility index (Phi) is 17.5. The average Bonchev–Trinajstić information content (AvgIpc) is 3.66. The fourth-order valence-corrected chi connectivity index (χ4v) is 8.14. The van der Waals surface area contributed by atoms with Crippen molar-refractivity contribution in [3.05, 3.63) is 37.0 Å². The molecule has 1 fully saturated rings. The van der Waals surface area contributed by atoms with Gasteiger partial charge in [-0.2, -0.15) is 4.31 Å². The van der Waals surface area contributed by atoms with Crippen molar-refractivity contribution in [1.82, 2.24) is 30.2 Å². The number of hydrogen-bond donors (Lipinski definition) is 9. The van der Waals surface area contributed by atoms with E-state index in [1.807, 2.05) is 19.1 Å². The van der Waals surface area contributed by atoms with Gasteiger partial charge in [-0.05, 0) is 19.4 Å². The third-order valence-corrected chi connectivity index (χ3v) is 11.4. The molecule has 2 aromatic heterocycles. The molecule has 0 spiro atoms. The lowest BCUT2D eigenvalue weighted by molar-refractivity contribution is -0.137. The Morgan fingerprint density at radius 2 is 1.77 bits per heavy atom. The number of hydrogen-bond acceptors (Lipinski definition) is 18. The van der Waals surface area contributed by atoms with Gasteiger partial charge in [0.15, 0.2) is 17.7 Å². The Labute approximate surface area is 323 Å². The highest BCUT2D eigenvalue weighted by Gasteiger charge is 2.50. The summed E-state index contributed by atoms with van der Waals surface area (Å²) in [6, 6.07) is 0. The number of carbonyl (C=O) groups is 3. The largest absolute Gasteiger partial charge is 0.481 e. The van der Waals surface area contributed by atoms with Gasteiger partial charge in [0.2, 0.25) is 16.9 Å². The lowest BCUT2D eigenvalue weighted by Crippen LogP contribution is -2.46. The van der Waals surface area contributed by atoms with Crippen LogP contribution < -0.4 is 16.4 Å². The van der Waals surface area contributed by atoms with Crippen LogP contribution in [-0.2, 0) is 50.7 Å². The number of thioether (sulfide) groups is 1. The van der Waals surface area contributed by atoms with Crippen molar-refractivity contribution in [1.29, 1.82) is 0 Å². The van der Waals surface area contributed by atoms with E-state index in [9.17, 15) is 57.9 Å². The van der Waals surface area contributed by atoms with Crippen molar-refractivity contribution in [3.63, 3.8) is 0 Å². The number of amides is 2. The second-order valence-corrected chi connectivity index (χ2v) is 17.8. The highest BCUT2D eigenvalue weighted by Crippen LogP contribution is 2.61. The summed E-state index contributed by atoms with van der Waals surface area (Å²) in [7, 11) is -16.4. The van der Waals surface area contributed by atoms with E-state index in [2.05, 4.69) is 34.4 Å². The normalized spacial score (nSPS) is 21.9. The number of phosphoric acid groups is 3. The molecule has 0 bridgehead atoms. The molecule has 3 rings (SSSR count). The van der Waals surface area contributed by atoms with Gasteiger partial charge in [-0.15, -0.1) is 0 Å². The number of nitrogen functional groups attached to an aromatic ring is 1. The van der Waals surface area contributed by atoms with Crippen LogP contribution in [0.2, 0.25) is 0 Å². The molecule has 2 aromatic rings. The number of carbonyl (C=O) groups excluding carboxylic acids is 3. The average molecular weight is 876 g/mol. The van der Waals surface area contributed by atoms with Crippen LogP contribution in [0.5, 0.6) is 0 Å². The Morgan fingerprint density at radius 1 is 1.07 bits per heavy atom. The molecule has 0 aromatic carbocycles. The monoisotopic (exact) mass is 875 g/mol. The van der Waals surface area contributed by atoms with Gasteiger partial charge in [-0.1, -0.05) is 43.8 Å². The number of fused-ring (bicyclic) bond motifs is 1. The molecule has 0 aliphatic carbocycles. The van der Waals surface area contributed by atoms with E-state index in [1.54, 1.807) is 6.08 Å². The van der Waals surface area contributed by atoms with Crippen LogP contribution in [0.4, 0.5) is 5.82 Å². The van der Waals surface area contributed by atoms with E-state index >= 15 is 0 Å². The summed E-state index contributed by atoms with van der Waals surface area (Å²) in [5, 5.41) is 26.2. The molecule has 3 heterocycles. The maximum Gasteiger partial charge on any atom is 0.481 e. The summed E-state index contributed by atoms with van der Waals surface area (Å²) in [6.45, 7) is 2.33. The topological polar surface area (TPSA) is 364 Å². The van der Waals surface area contributed by atoms with Gasteiger partial charge in [-0.3, -0.25) is 32.5 Å². The third kappa shape index (κ3) is 14.8. The van der Waals surface area contributed by atoms with Crippen molar-refractivity contribution < 1.29 is 80.5 Å². The first-order valence-electron chi connectivity index (χ1n) is 16.4. The molecule has 24 nitrogen and oxygen atoms in total. The lowest BCUT2D eigenvalue weighted by Gasteiger charge is -2.30. The highest BCUT2D eigenvalue weighted by atomic mass is 32.2. The van der Waals surface area contributed by atoms with E-state index in [1.165, 1.54) is 19.9 Å². The van der Waals surface area contributed by atoms with Crippen LogP contribution in [-0.4, -0.2) is 123 Å². The third-order valence-electron chi connectivity index (χ3n) is 7.51. The zero-order valence-corrected chi connectivity index (χ0v) is 33.6. The molecular weight excluding hydrogens is 831 g/mol. The minimum Gasteiger partial charge on any atom is -0.386 e. The molecular formula is C28H44N7O17P3S. The lowest BCUT2D eigenvalue weighted by atomic mass is 9.87. The number of allylic oxidation sites excluding steroid dienone is 3. The molecule has 1 saturated heterocycles. The number of nitrogens with two attached hydrogens (primary N) is 1. The summed E-state index contributed by atoms with van der Waals surface area (Å²) in [5.74, 6) is -1.15. The predicted molar refractivity (Wildman–Crippen MR) is 196 cm³/mol. The molecule has 7 unspecified atom stereocenters. The molecule has 2 amide bonds. The number of phosphoric ester groups is 3. The van der Waals surface area contributed by atoms with Crippen molar-refractivity contribution in [3.8, 4) is 0 Å². The zero-order chi connectivity index (χ0) is 41.9. The Hall–Kier alpha value is -2.96. The zero-order valence-electron chi connectivity index (χ0n) is 30.1. The molecule has 7 atom stereocenters. The number of anilines is 1. The molecule has 1 aliphatic heterocycles. The second kappa shape index (κ2) is 20.6. The van der Waals surface area contributed by atoms with Gasteiger partial charge in [-0.25, -0.2) is 28.6 Å². The number of imidazole rings is 1. The number of nitrogens with zero attached hydrogens (tertiary/aromatic N) is 4. The first-order chi connectivity index (χ1) is 26.1. The minimum absolute atomic E-state index is 0.0295. The van der Waals surface area contributed by atoms with E-state index < -0.39 is 84.6 Å². The smallest absolute Gasteiger partial charge is 0.386 e. The van der Waals surface area contributed by atoms with Crippen LogP contribution in [0.15, 0.2) is 37.0 Å². The number of aromatic nitrogens is 4. The number of ether oxygens (including phenoxy) is 1. The first-order valence-corrected chi connectivity index (χ1v) is 21.9. The van der Waals surface area contributed by atoms with Gasteiger partial charge < -0.3 is 50.9 Å². The van der Waals surface area contributed by atoms with Crippen molar-refractivity contribution in [2.75, 3.05) is 37.8 Å². The van der Waals surface area contributed by atoms with Gasteiger partial charge in [0, 0.05) is 30.7 Å². The number of nitrogens with one attached hydrogen (secondary N) is 2. The van der Waals surface area contributed by atoms with Gasteiger partial charge >= 0.3 is 23.5 Å². The van der Waals surface area contributed by atoms with Crippen LogP contribution in [0.25, 0.3) is 11.2 Å². The molecule has 0 saturated carbocycles. The summed E-state index contributed by atoms with van der Waals surface area (Å²) >= 11 is 1.02. The summed E-state index contributed by atoms with van der Waals surface area (Å²) in [4.78, 5) is 87.3. The predicted octanol–water partition coefficient (Wildman–Crippen LogP) is 0.187. The minimum atomic E-state index is -5.57. The summed E-state index contributed by atoms with van der Waals surface area (Å²) in [6.07, 6.45) is 0.592. The fourth-order valence-electron chi connectivity index (χ4n) is 4.71. The Bertz CT molecular complexity index is 1890. The van der Waals surface area contributed by atoms with E-state index in [0.717, 1.165) is 29.0 Å². The van der Waals surface area contributed by atoms with Gasteiger partial charge in [0.1, 0.15) is 36.3 Å². The summed E-state index contributed by atoms with van der Waals surface area (Å²) < 4.78 is 62.1. The fraction of sp³-hybridized carbons (Fsp3) is 0.571. The van der Waals surface area contributed by atoms with Crippen LogP contribution in [0.1, 0.15) is 39.8 Å². The molecule has 1 aliphatic rings. The molecule has 28 heteroatoms. The standard InChI is InChI=1S/C28H44N7O17P3S/c1-4-5-6-7-8-19(37)56-12-11-30-18(36)9-10-31-26(40)23(39)28(2,3)14-49-55(46,47)52-54(44,45)48-13-17-22(51-53(41,42)43)21(38)27(50-17)35-16-34-20-24(29)32-15-33-25(20)35/h4-5,7-8,15-17,21-23,27,38-39H,6,9-14H2,1-3H3,(H,30,36)(H,31,40)(H,44,45)(H,46,47)(H2,29,32,33)(H2,41,42,43)/b5-4+,8-7+. The quantitative estimate of drug-likeness (QED) is 0.0330. The van der Waals surface area contributed by atoms with Crippen LogP contribution >= 0.6 is 35.2 Å². The molecule has 314 valence electrons. The van der Waals surface area contributed by atoms with E-state index in [-0.39, 0.29) is 41.6 Å². The molecule has 10 N–H and O–H groups in total. The second-order valence-electron chi connectivity index (χ2n) is 12.4. The van der Waals surface area contributed by atoms with Crippen molar-refractivity contribution in [2.24, 2.45) is 5.41 Å². The summed E-state index contributed by atoms with van der Waals surface area (Å²) in [5.41, 5.74) is 4.26. The Morgan fingerprint density at radius 3 is 2.45 bits per heavy atom. The number of aliphatic hydroxyl groups excluding tert-OH is 2. The van der Waals surface area contributed by atoms with Crippen LogP contribution in [0.3, 0.4) is 0 Å². The number of rotatable bonds is 22. The number of aliphatic hydroxyl groups is 2. The molecule has 0 radical (unpaired) electrons. The van der Waals surface area contributed by atoms with Crippen LogP contribution in [0, 0.1) is 5.41 Å². The van der Waals surface area contributed by atoms with Crippen molar-refractivity contribution in [2.45, 2.75) is 64.3 Å². The van der Waals surface area contributed by atoms with E-state index in [4.69, 9.17) is 19.5 Å². The highest BCUT2D eigenvalue weighted by molar-refractivity contribution is 8.14. The maximum atomic E-state index is 12.7. The SMILES string of the molecule is C/C=C/C/C=C/C(=O)SCCNC(=O)CCNC(=O)C(O)C(C)(C)COP(=O)(O)OP(=O)(O)OCC1OC(n2cnc3c(N)ncnc32)C(O)C1OP(=O)(O)O. The Balaban J connectivity index is 1.48. The molecule has 56 heavy (non-hydrogen) atoms. The maximum absolute atomic E-state index is 12.7.